The zero-order valence-corrected chi connectivity index (χ0v) is 15.9. The minimum atomic E-state index is 0.886. The maximum Gasteiger partial charge on any atom is -0.0250 e. The van der Waals surface area contributed by atoms with Crippen LogP contribution in [0.5, 0.6) is 0 Å². The highest BCUT2D eigenvalue weighted by Gasteiger charge is 2.34. The number of hydrogen-bond acceptors (Lipinski definition) is 0. The molecular formula is C24H36. The van der Waals surface area contributed by atoms with Gasteiger partial charge in [-0.25, -0.2) is 0 Å². The molecule has 0 aliphatic heterocycles. The minimum absolute atomic E-state index is 0.886. The number of fused-ring (bicyclic) bond motifs is 2. The Hall–Kier alpha value is -0.780. The quantitative estimate of drug-likeness (QED) is 0.588. The Bertz CT molecular complexity index is 557. The monoisotopic (exact) mass is 324 g/mol. The van der Waals surface area contributed by atoms with Crippen molar-refractivity contribution in [2.75, 3.05) is 0 Å². The van der Waals surface area contributed by atoms with Crippen molar-refractivity contribution in [3.8, 4) is 0 Å². The van der Waals surface area contributed by atoms with Crippen LogP contribution in [-0.4, -0.2) is 0 Å². The Kier molecular flexibility index (Phi) is 5.02. The molecule has 0 N–H and O–H groups in total. The Labute approximate surface area is 149 Å². The van der Waals surface area contributed by atoms with Crippen molar-refractivity contribution in [3.05, 3.63) is 34.9 Å². The van der Waals surface area contributed by atoms with Crippen LogP contribution in [0, 0.1) is 29.6 Å². The fourth-order valence-electron chi connectivity index (χ4n) is 6.00. The van der Waals surface area contributed by atoms with Gasteiger partial charge in [-0.1, -0.05) is 44.9 Å². The van der Waals surface area contributed by atoms with E-state index in [2.05, 4.69) is 32.0 Å². The van der Waals surface area contributed by atoms with E-state index in [0.29, 0.717) is 0 Å². The van der Waals surface area contributed by atoms with E-state index >= 15 is 0 Å². The lowest BCUT2D eigenvalue weighted by molar-refractivity contribution is 0.101. The summed E-state index contributed by atoms with van der Waals surface area (Å²) < 4.78 is 0. The van der Waals surface area contributed by atoms with Gasteiger partial charge in [-0.15, -0.1) is 0 Å². The molecular weight excluding hydrogens is 288 g/mol. The first kappa shape index (κ1) is 16.7. The predicted octanol–water partition coefficient (Wildman–Crippen LogP) is 6.60. The van der Waals surface area contributed by atoms with Gasteiger partial charge in [-0.2, -0.15) is 0 Å². The van der Waals surface area contributed by atoms with Gasteiger partial charge in [-0.05, 0) is 104 Å². The van der Waals surface area contributed by atoms with Gasteiger partial charge in [0, 0.05) is 0 Å². The molecule has 0 heteroatoms. The van der Waals surface area contributed by atoms with Crippen molar-refractivity contribution in [3.63, 3.8) is 0 Å². The molecule has 0 amide bonds. The highest BCUT2D eigenvalue weighted by molar-refractivity contribution is 5.34. The lowest BCUT2D eigenvalue weighted by Gasteiger charge is -2.41. The average Bonchev–Trinajstić information content (AvgIpc) is 2.60. The van der Waals surface area contributed by atoms with E-state index in [9.17, 15) is 0 Å². The molecule has 0 aromatic heterocycles. The molecule has 0 bridgehead atoms. The van der Waals surface area contributed by atoms with Crippen molar-refractivity contribution in [1.29, 1.82) is 0 Å². The van der Waals surface area contributed by atoms with Gasteiger partial charge in [0.25, 0.3) is 0 Å². The second-order valence-corrected chi connectivity index (χ2v) is 9.61. The third-order valence-electron chi connectivity index (χ3n) is 7.57. The summed E-state index contributed by atoms with van der Waals surface area (Å²) >= 11 is 0. The van der Waals surface area contributed by atoms with Crippen LogP contribution >= 0.6 is 0 Å². The molecule has 5 unspecified atom stereocenters. The third kappa shape index (κ3) is 3.73. The van der Waals surface area contributed by atoms with Gasteiger partial charge < -0.3 is 0 Å². The normalized spacial score (nSPS) is 36.0. The van der Waals surface area contributed by atoms with Gasteiger partial charge in [0.2, 0.25) is 0 Å². The first-order chi connectivity index (χ1) is 11.7. The molecule has 1 aromatic rings. The van der Waals surface area contributed by atoms with Crippen LogP contribution < -0.4 is 0 Å². The van der Waals surface area contributed by atoms with Crippen LogP contribution in [0.25, 0.3) is 0 Å². The van der Waals surface area contributed by atoms with E-state index in [1.807, 2.05) is 0 Å². The van der Waals surface area contributed by atoms with Crippen LogP contribution in [-0.2, 0) is 19.3 Å². The third-order valence-corrected chi connectivity index (χ3v) is 7.57. The molecule has 24 heavy (non-hydrogen) atoms. The molecule has 2 fully saturated rings. The van der Waals surface area contributed by atoms with E-state index in [0.717, 1.165) is 29.6 Å². The largest absolute Gasteiger partial charge is 0.0625 e. The van der Waals surface area contributed by atoms with Crippen molar-refractivity contribution in [2.45, 2.75) is 84.5 Å². The van der Waals surface area contributed by atoms with Crippen molar-refractivity contribution in [1.82, 2.24) is 0 Å². The van der Waals surface area contributed by atoms with Crippen LogP contribution in [0.4, 0.5) is 0 Å². The van der Waals surface area contributed by atoms with E-state index in [1.165, 1.54) is 64.2 Å². The van der Waals surface area contributed by atoms with Crippen molar-refractivity contribution in [2.24, 2.45) is 29.6 Å². The van der Waals surface area contributed by atoms with Gasteiger partial charge in [0.15, 0.2) is 0 Å². The molecule has 0 saturated heterocycles. The standard InChI is InChI=1S/C24H36/c1-17-3-9-23-15-19(7-11-21(23)13-17)5-6-20-8-12-22-14-18(2)4-10-24(22)16-20/h7,11,15,17-18,20,22,24H,3-6,8-10,12-14,16H2,1-2H3. The van der Waals surface area contributed by atoms with E-state index in [1.54, 1.807) is 23.1 Å². The second kappa shape index (κ2) is 7.22. The molecule has 2 saturated carbocycles. The van der Waals surface area contributed by atoms with Gasteiger partial charge in [-0.3, -0.25) is 0 Å². The summed E-state index contributed by atoms with van der Waals surface area (Å²) in [4.78, 5) is 0. The minimum Gasteiger partial charge on any atom is -0.0625 e. The van der Waals surface area contributed by atoms with Crippen LogP contribution in [0.1, 0.15) is 81.9 Å². The average molecular weight is 325 g/mol. The number of aryl methyl sites for hydroxylation is 2. The first-order valence-electron chi connectivity index (χ1n) is 10.8. The topological polar surface area (TPSA) is 0 Å². The van der Waals surface area contributed by atoms with Crippen LogP contribution in [0.3, 0.4) is 0 Å². The van der Waals surface area contributed by atoms with Crippen molar-refractivity contribution >= 4 is 0 Å². The SMILES string of the molecule is CC1CCc2cc(CCC3CCC4CC(C)CCC4C3)ccc2C1. The lowest BCUT2D eigenvalue weighted by atomic mass is 9.64. The zero-order valence-electron chi connectivity index (χ0n) is 15.9. The van der Waals surface area contributed by atoms with Gasteiger partial charge in [0.1, 0.15) is 0 Å². The molecule has 0 nitrogen and oxygen atoms in total. The number of hydrogen-bond donors (Lipinski definition) is 0. The fourth-order valence-corrected chi connectivity index (χ4v) is 6.00. The Morgan fingerprint density at radius 1 is 0.833 bits per heavy atom. The van der Waals surface area contributed by atoms with E-state index < -0.39 is 0 Å². The smallest absolute Gasteiger partial charge is 0.0250 e. The molecule has 3 aliphatic carbocycles. The van der Waals surface area contributed by atoms with Crippen LogP contribution in [0.15, 0.2) is 18.2 Å². The van der Waals surface area contributed by atoms with E-state index in [4.69, 9.17) is 0 Å². The lowest BCUT2D eigenvalue weighted by Crippen LogP contribution is -2.30. The molecule has 0 heterocycles. The highest BCUT2D eigenvalue weighted by atomic mass is 14.4. The molecule has 4 rings (SSSR count). The summed E-state index contributed by atoms with van der Waals surface area (Å²) in [5.41, 5.74) is 4.91. The molecule has 0 radical (unpaired) electrons. The zero-order chi connectivity index (χ0) is 16.5. The maximum atomic E-state index is 2.55. The summed E-state index contributed by atoms with van der Waals surface area (Å²) in [7, 11) is 0. The fraction of sp³-hybridized carbons (Fsp3) is 0.750. The second-order valence-electron chi connectivity index (χ2n) is 9.61. The molecule has 5 atom stereocenters. The molecule has 1 aromatic carbocycles. The summed E-state index contributed by atoms with van der Waals surface area (Å²) in [6.45, 7) is 4.87. The maximum absolute atomic E-state index is 2.55. The van der Waals surface area contributed by atoms with Crippen LogP contribution in [0.2, 0.25) is 0 Å². The number of rotatable bonds is 3. The summed E-state index contributed by atoms with van der Waals surface area (Å²) in [5, 5.41) is 0. The highest BCUT2D eigenvalue weighted by Crippen LogP contribution is 2.45. The molecule has 3 aliphatic rings. The van der Waals surface area contributed by atoms with Gasteiger partial charge in [0.05, 0.1) is 0 Å². The summed E-state index contributed by atoms with van der Waals surface area (Å²) in [6, 6.07) is 7.43. The van der Waals surface area contributed by atoms with Gasteiger partial charge >= 0.3 is 0 Å². The first-order valence-corrected chi connectivity index (χ1v) is 10.8. The summed E-state index contributed by atoms with van der Waals surface area (Å²) in [5.74, 6) is 5.05. The molecule has 132 valence electrons. The molecule has 0 spiro atoms. The Morgan fingerprint density at radius 3 is 2.58 bits per heavy atom. The van der Waals surface area contributed by atoms with Crippen molar-refractivity contribution < 1.29 is 0 Å². The summed E-state index contributed by atoms with van der Waals surface area (Å²) in [6.07, 6.45) is 15.9. The Balaban J connectivity index is 1.31. The number of benzene rings is 1. The Morgan fingerprint density at radius 2 is 1.67 bits per heavy atom. The van der Waals surface area contributed by atoms with E-state index in [-0.39, 0.29) is 0 Å². The predicted molar refractivity (Wildman–Crippen MR) is 103 cm³/mol.